The van der Waals surface area contributed by atoms with E-state index >= 15 is 0 Å². The van der Waals surface area contributed by atoms with Crippen molar-refractivity contribution in [3.05, 3.63) is 0 Å². The second-order valence-corrected chi connectivity index (χ2v) is 9.61. The SMILES string of the molecule is COC(=O)CCCN1CCN(C2OC(=O)N(C)C2CCCCC2CCN(C(=N)N)CC2)CC1. The number of likely N-dealkylation sites (N-methyl/N-ethyl adjacent to an activating group) is 1. The number of piperazine rings is 1. The third-order valence-electron chi connectivity index (χ3n) is 7.50. The lowest BCUT2D eigenvalue weighted by Gasteiger charge is -2.38. The van der Waals surface area contributed by atoms with Gasteiger partial charge in [0.25, 0.3) is 0 Å². The van der Waals surface area contributed by atoms with Crippen LogP contribution >= 0.6 is 0 Å². The summed E-state index contributed by atoms with van der Waals surface area (Å²) in [5, 5.41) is 7.56. The van der Waals surface area contributed by atoms with Gasteiger partial charge in [0.1, 0.15) is 0 Å². The van der Waals surface area contributed by atoms with Crippen LogP contribution in [0.15, 0.2) is 0 Å². The average Bonchev–Trinajstić information content (AvgIpc) is 3.11. The Hall–Kier alpha value is -2.07. The highest BCUT2D eigenvalue weighted by Gasteiger charge is 2.43. The highest BCUT2D eigenvalue weighted by atomic mass is 16.6. The van der Waals surface area contributed by atoms with Crippen LogP contribution in [0.1, 0.15) is 51.4 Å². The number of ether oxygens (including phenoxy) is 2. The first kappa shape index (κ1) is 25.6. The standard InChI is InChI=1S/C23H42N6O4/c1-26-19(7-4-3-6-18-9-12-29(13-10-18)22(24)25)21(33-23(26)31)28-16-14-27(15-17-28)11-5-8-20(30)32-2/h18-19,21H,3-17H2,1-2H3,(H3,24,25). The van der Waals surface area contributed by atoms with Gasteiger partial charge in [-0.1, -0.05) is 19.3 Å². The molecule has 188 valence electrons. The van der Waals surface area contributed by atoms with Crippen LogP contribution in [0.25, 0.3) is 0 Å². The summed E-state index contributed by atoms with van der Waals surface area (Å²) in [6, 6.07) is 0.0999. The van der Waals surface area contributed by atoms with E-state index in [0.717, 1.165) is 84.3 Å². The highest BCUT2D eigenvalue weighted by molar-refractivity contribution is 5.74. The Labute approximate surface area is 197 Å². The monoisotopic (exact) mass is 466 g/mol. The predicted molar refractivity (Wildman–Crippen MR) is 126 cm³/mol. The number of cyclic esters (lactones) is 1. The third-order valence-corrected chi connectivity index (χ3v) is 7.50. The van der Waals surface area contributed by atoms with Crippen molar-refractivity contribution in [2.45, 2.75) is 63.6 Å². The number of piperidine rings is 1. The smallest absolute Gasteiger partial charge is 0.411 e. The first-order chi connectivity index (χ1) is 15.9. The number of nitrogens with two attached hydrogens (primary N) is 1. The molecule has 3 fully saturated rings. The van der Waals surface area contributed by atoms with E-state index in [2.05, 4.69) is 9.80 Å². The van der Waals surface area contributed by atoms with Gasteiger partial charge in [0.15, 0.2) is 12.2 Å². The fourth-order valence-corrected chi connectivity index (χ4v) is 5.29. The molecule has 2 atom stereocenters. The van der Waals surface area contributed by atoms with Gasteiger partial charge < -0.3 is 29.9 Å². The van der Waals surface area contributed by atoms with Crippen molar-refractivity contribution in [3.8, 4) is 0 Å². The summed E-state index contributed by atoms with van der Waals surface area (Å²) in [5.74, 6) is 0.747. The number of esters is 1. The zero-order valence-electron chi connectivity index (χ0n) is 20.3. The summed E-state index contributed by atoms with van der Waals surface area (Å²) < 4.78 is 10.5. The summed E-state index contributed by atoms with van der Waals surface area (Å²) in [6.45, 7) is 6.26. The number of unbranched alkanes of at least 4 members (excludes halogenated alkanes) is 1. The minimum absolute atomic E-state index is 0.0999. The molecule has 0 spiro atoms. The minimum Gasteiger partial charge on any atom is -0.469 e. The molecule has 0 saturated carbocycles. The van der Waals surface area contributed by atoms with Crippen molar-refractivity contribution in [3.63, 3.8) is 0 Å². The molecule has 0 aromatic rings. The summed E-state index contributed by atoms with van der Waals surface area (Å²) >= 11 is 0. The summed E-state index contributed by atoms with van der Waals surface area (Å²) in [6.07, 6.45) is 7.50. The van der Waals surface area contributed by atoms with Crippen molar-refractivity contribution in [2.24, 2.45) is 11.7 Å². The molecular weight excluding hydrogens is 424 g/mol. The Balaban J connectivity index is 1.37. The maximum absolute atomic E-state index is 12.3. The largest absolute Gasteiger partial charge is 0.469 e. The Morgan fingerprint density at radius 2 is 1.76 bits per heavy atom. The normalized spacial score (nSPS) is 25.3. The van der Waals surface area contributed by atoms with E-state index in [0.29, 0.717) is 12.3 Å². The Morgan fingerprint density at radius 3 is 2.39 bits per heavy atom. The fourth-order valence-electron chi connectivity index (χ4n) is 5.29. The Morgan fingerprint density at radius 1 is 1.09 bits per heavy atom. The van der Waals surface area contributed by atoms with E-state index in [4.69, 9.17) is 20.6 Å². The predicted octanol–water partition coefficient (Wildman–Crippen LogP) is 1.50. The number of guanidine groups is 1. The average molecular weight is 467 g/mol. The van der Waals surface area contributed by atoms with Crippen molar-refractivity contribution in [1.82, 2.24) is 19.6 Å². The van der Waals surface area contributed by atoms with Crippen LogP contribution in [0.2, 0.25) is 0 Å². The van der Waals surface area contributed by atoms with Crippen LogP contribution in [0.3, 0.4) is 0 Å². The van der Waals surface area contributed by atoms with Crippen molar-refractivity contribution >= 4 is 18.0 Å². The first-order valence-electron chi connectivity index (χ1n) is 12.4. The molecule has 10 nitrogen and oxygen atoms in total. The van der Waals surface area contributed by atoms with Gasteiger partial charge >= 0.3 is 12.1 Å². The van der Waals surface area contributed by atoms with Gasteiger partial charge in [-0.25, -0.2) is 4.79 Å². The molecule has 0 aliphatic carbocycles. The van der Waals surface area contributed by atoms with Gasteiger partial charge in [0, 0.05) is 52.7 Å². The van der Waals surface area contributed by atoms with Crippen LogP contribution in [-0.2, 0) is 14.3 Å². The van der Waals surface area contributed by atoms with Gasteiger partial charge in [-0.3, -0.25) is 15.1 Å². The molecule has 0 aromatic heterocycles. The van der Waals surface area contributed by atoms with Gasteiger partial charge in [0.05, 0.1) is 13.2 Å². The molecule has 0 radical (unpaired) electrons. The fraction of sp³-hybridized carbons (Fsp3) is 0.870. The molecule has 33 heavy (non-hydrogen) atoms. The molecule has 2 unspecified atom stereocenters. The van der Waals surface area contributed by atoms with Crippen LogP contribution in [0.4, 0.5) is 4.79 Å². The Kier molecular flexibility index (Phi) is 9.61. The maximum atomic E-state index is 12.3. The third kappa shape index (κ3) is 7.20. The number of likely N-dealkylation sites (tertiary alicyclic amines) is 1. The number of hydrogen-bond acceptors (Lipinski definition) is 7. The molecule has 3 rings (SSSR count). The second-order valence-electron chi connectivity index (χ2n) is 9.61. The quantitative estimate of drug-likeness (QED) is 0.215. The van der Waals surface area contributed by atoms with E-state index in [1.807, 2.05) is 11.9 Å². The molecule has 3 heterocycles. The van der Waals surface area contributed by atoms with Crippen molar-refractivity contribution in [2.75, 3.05) is 60.0 Å². The molecule has 3 aliphatic heterocycles. The molecule has 1 amide bonds. The van der Waals surface area contributed by atoms with E-state index in [9.17, 15) is 9.59 Å². The van der Waals surface area contributed by atoms with Crippen LogP contribution < -0.4 is 5.73 Å². The first-order valence-corrected chi connectivity index (χ1v) is 12.4. The number of hydrogen-bond donors (Lipinski definition) is 2. The van der Waals surface area contributed by atoms with Crippen molar-refractivity contribution < 1.29 is 19.1 Å². The lowest BCUT2D eigenvalue weighted by molar-refractivity contribution is -0.140. The lowest BCUT2D eigenvalue weighted by Crippen LogP contribution is -2.54. The number of carbonyl (C=O) groups excluding carboxylic acids is 2. The molecule has 0 bridgehead atoms. The molecule has 0 aromatic carbocycles. The van der Waals surface area contributed by atoms with Gasteiger partial charge in [-0.2, -0.15) is 0 Å². The maximum Gasteiger partial charge on any atom is 0.411 e. The van der Waals surface area contributed by atoms with Gasteiger partial charge in [-0.15, -0.1) is 0 Å². The molecule has 3 saturated heterocycles. The zero-order chi connectivity index (χ0) is 23.8. The van der Waals surface area contributed by atoms with Crippen LogP contribution in [0.5, 0.6) is 0 Å². The topological polar surface area (TPSA) is 115 Å². The van der Waals surface area contributed by atoms with E-state index in [1.165, 1.54) is 13.5 Å². The molecule has 3 N–H and O–H groups in total. The molecule has 10 heteroatoms. The number of amides is 1. The number of nitrogens with one attached hydrogen (secondary N) is 1. The highest BCUT2D eigenvalue weighted by Crippen LogP contribution is 2.28. The van der Waals surface area contributed by atoms with Gasteiger partial charge in [0.2, 0.25) is 0 Å². The van der Waals surface area contributed by atoms with E-state index in [-0.39, 0.29) is 30.3 Å². The zero-order valence-corrected chi connectivity index (χ0v) is 20.3. The molecular formula is C23H42N6O4. The summed E-state index contributed by atoms with van der Waals surface area (Å²) in [7, 11) is 3.28. The van der Waals surface area contributed by atoms with E-state index < -0.39 is 0 Å². The number of methoxy groups -OCH3 is 1. The number of carbonyl (C=O) groups is 2. The lowest BCUT2D eigenvalue weighted by atomic mass is 9.91. The minimum atomic E-state index is -0.220. The van der Waals surface area contributed by atoms with Crippen molar-refractivity contribution in [1.29, 1.82) is 5.41 Å². The van der Waals surface area contributed by atoms with Gasteiger partial charge in [-0.05, 0) is 38.1 Å². The van der Waals surface area contributed by atoms with E-state index in [1.54, 1.807) is 4.90 Å². The second kappa shape index (κ2) is 12.4. The number of rotatable bonds is 10. The number of nitrogens with zero attached hydrogens (tertiary/aromatic N) is 4. The summed E-state index contributed by atoms with van der Waals surface area (Å²) in [5.41, 5.74) is 5.59. The Bertz CT molecular complexity index is 661. The molecule has 3 aliphatic rings. The van der Waals surface area contributed by atoms with Crippen LogP contribution in [-0.4, -0.2) is 110 Å². The van der Waals surface area contributed by atoms with Crippen LogP contribution in [0, 0.1) is 11.3 Å². The summed E-state index contributed by atoms with van der Waals surface area (Å²) in [4.78, 5) is 32.0.